The Morgan fingerprint density at radius 3 is 2.18 bits per heavy atom. The Morgan fingerprint density at radius 2 is 1.91 bits per heavy atom. The zero-order chi connectivity index (χ0) is 8.91. The van der Waals surface area contributed by atoms with Crippen LogP contribution in [0.1, 0.15) is 39.5 Å². The number of nitrogens with two attached hydrogens (primary N) is 1. The van der Waals surface area contributed by atoms with Crippen LogP contribution in [0, 0.1) is 0 Å². The van der Waals surface area contributed by atoms with Crippen molar-refractivity contribution in [2.45, 2.75) is 45.1 Å². The summed E-state index contributed by atoms with van der Waals surface area (Å²) in [6, 6.07) is 0. The molecule has 0 heterocycles. The Labute approximate surface area is 67.6 Å². The van der Waals surface area contributed by atoms with E-state index in [-0.39, 0.29) is 12.3 Å². The SMILES string of the molecule is CCC(O)(CC)CCC(N)=O. The van der Waals surface area contributed by atoms with Crippen LogP contribution in [0.4, 0.5) is 0 Å². The van der Waals surface area contributed by atoms with Gasteiger partial charge >= 0.3 is 0 Å². The second-order valence-electron chi connectivity index (χ2n) is 2.90. The molecule has 0 radical (unpaired) electrons. The van der Waals surface area contributed by atoms with Gasteiger partial charge in [-0.3, -0.25) is 4.79 Å². The van der Waals surface area contributed by atoms with Gasteiger partial charge in [0.05, 0.1) is 5.60 Å². The minimum absolute atomic E-state index is 0.276. The highest BCUT2D eigenvalue weighted by atomic mass is 16.3. The van der Waals surface area contributed by atoms with Crippen LogP contribution in [-0.4, -0.2) is 16.6 Å². The molecule has 0 aliphatic heterocycles. The van der Waals surface area contributed by atoms with Gasteiger partial charge in [-0.1, -0.05) is 13.8 Å². The number of primary amides is 1. The van der Waals surface area contributed by atoms with E-state index in [1.807, 2.05) is 13.8 Å². The number of carbonyl (C=O) groups excluding carboxylic acids is 1. The van der Waals surface area contributed by atoms with E-state index >= 15 is 0 Å². The molecule has 0 aromatic rings. The van der Waals surface area contributed by atoms with Crippen LogP contribution in [-0.2, 0) is 4.79 Å². The molecule has 0 saturated heterocycles. The Balaban J connectivity index is 3.78. The number of rotatable bonds is 5. The highest BCUT2D eigenvalue weighted by Gasteiger charge is 2.21. The van der Waals surface area contributed by atoms with Gasteiger partial charge in [0.1, 0.15) is 0 Å². The zero-order valence-corrected chi connectivity index (χ0v) is 7.26. The van der Waals surface area contributed by atoms with E-state index in [1.165, 1.54) is 0 Å². The smallest absolute Gasteiger partial charge is 0.217 e. The molecule has 3 nitrogen and oxygen atoms in total. The fourth-order valence-electron chi connectivity index (χ4n) is 0.959. The first-order valence-corrected chi connectivity index (χ1v) is 4.04. The molecule has 0 aromatic carbocycles. The van der Waals surface area contributed by atoms with E-state index in [1.54, 1.807) is 0 Å². The maximum Gasteiger partial charge on any atom is 0.217 e. The minimum atomic E-state index is -0.685. The second-order valence-corrected chi connectivity index (χ2v) is 2.90. The first-order valence-electron chi connectivity index (χ1n) is 4.04. The molecule has 0 aliphatic carbocycles. The lowest BCUT2D eigenvalue weighted by Gasteiger charge is -2.24. The fraction of sp³-hybridized carbons (Fsp3) is 0.875. The topological polar surface area (TPSA) is 63.3 Å². The number of amides is 1. The van der Waals surface area contributed by atoms with Gasteiger partial charge in [-0.05, 0) is 19.3 Å². The van der Waals surface area contributed by atoms with Crippen LogP contribution in [0.3, 0.4) is 0 Å². The summed E-state index contributed by atoms with van der Waals surface area (Å²) in [4.78, 5) is 10.4. The van der Waals surface area contributed by atoms with E-state index in [9.17, 15) is 9.90 Å². The lowest BCUT2D eigenvalue weighted by molar-refractivity contribution is -0.119. The van der Waals surface area contributed by atoms with E-state index in [0.29, 0.717) is 19.3 Å². The summed E-state index contributed by atoms with van der Waals surface area (Å²) in [6.07, 6.45) is 2.11. The molecule has 11 heavy (non-hydrogen) atoms. The van der Waals surface area contributed by atoms with Crippen molar-refractivity contribution in [2.75, 3.05) is 0 Å². The van der Waals surface area contributed by atoms with Crippen molar-refractivity contribution in [3.63, 3.8) is 0 Å². The monoisotopic (exact) mass is 159 g/mol. The van der Waals surface area contributed by atoms with Gasteiger partial charge in [-0.2, -0.15) is 0 Å². The first-order chi connectivity index (χ1) is 5.04. The molecule has 0 aliphatic rings. The summed E-state index contributed by atoms with van der Waals surface area (Å²) < 4.78 is 0. The molecule has 0 bridgehead atoms. The average Bonchev–Trinajstić information content (AvgIpc) is 2.00. The van der Waals surface area contributed by atoms with Crippen molar-refractivity contribution in [2.24, 2.45) is 5.73 Å². The molecule has 0 aromatic heterocycles. The Kier molecular flexibility index (Phi) is 4.11. The predicted octanol–water partition coefficient (Wildman–Crippen LogP) is 0.803. The minimum Gasteiger partial charge on any atom is -0.390 e. The van der Waals surface area contributed by atoms with E-state index in [2.05, 4.69) is 0 Å². The lowest BCUT2D eigenvalue weighted by Crippen LogP contribution is -2.28. The molecule has 66 valence electrons. The molecule has 3 N–H and O–H groups in total. The Bertz CT molecular complexity index is 130. The van der Waals surface area contributed by atoms with Gasteiger partial charge in [-0.25, -0.2) is 0 Å². The standard InChI is InChI=1S/C8H17NO2/c1-3-8(11,4-2)6-5-7(9)10/h11H,3-6H2,1-2H3,(H2,9,10). The summed E-state index contributed by atoms with van der Waals surface area (Å²) in [5.41, 5.74) is 4.27. The van der Waals surface area contributed by atoms with Crippen molar-refractivity contribution >= 4 is 5.91 Å². The molecular weight excluding hydrogens is 142 g/mol. The molecule has 0 rings (SSSR count). The first kappa shape index (κ1) is 10.4. The number of carbonyl (C=O) groups is 1. The molecular formula is C8H17NO2. The molecule has 0 saturated carbocycles. The highest BCUT2D eigenvalue weighted by molar-refractivity contribution is 5.73. The maximum absolute atomic E-state index is 10.4. The van der Waals surface area contributed by atoms with E-state index < -0.39 is 5.60 Å². The van der Waals surface area contributed by atoms with Crippen LogP contribution in [0.25, 0.3) is 0 Å². The largest absolute Gasteiger partial charge is 0.390 e. The summed E-state index contributed by atoms with van der Waals surface area (Å²) >= 11 is 0. The van der Waals surface area contributed by atoms with Gasteiger partial charge in [0.2, 0.25) is 5.91 Å². The van der Waals surface area contributed by atoms with Gasteiger partial charge in [0.25, 0.3) is 0 Å². The van der Waals surface area contributed by atoms with Crippen LogP contribution in [0.2, 0.25) is 0 Å². The number of hydrogen-bond acceptors (Lipinski definition) is 2. The molecule has 0 atom stereocenters. The molecule has 0 spiro atoms. The number of hydrogen-bond donors (Lipinski definition) is 2. The zero-order valence-electron chi connectivity index (χ0n) is 7.26. The Hall–Kier alpha value is -0.570. The summed E-state index contributed by atoms with van der Waals surface area (Å²) in [5, 5.41) is 9.67. The third-order valence-corrected chi connectivity index (χ3v) is 2.15. The Morgan fingerprint density at radius 1 is 1.45 bits per heavy atom. The van der Waals surface area contributed by atoms with Crippen LogP contribution >= 0.6 is 0 Å². The van der Waals surface area contributed by atoms with Crippen LogP contribution < -0.4 is 5.73 Å². The van der Waals surface area contributed by atoms with Crippen molar-refractivity contribution < 1.29 is 9.90 Å². The molecule has 3 heteroatoms. The van der Waals surface area contributed by atoms with Crippen LogP contribution in [0.15, 0.2) is 0 Å². The van der Waals surface area contributed by atoms with Gasteiger partial charge in [0, 0.05) is 6.42 Å². The van der Waals surface area contributed by atoms with Gasteiger partial charge < -0.3 is 10.8 Å². The third-order valence-electron chi connectivity index (χ3n) is 2.15. The molecule has 0 unspecified atom stereocenters. The third kappa shape index (κ3) is 3.98. The predicted molar refractivity (Wildman–Crippen MR) is 44.0 cm³/mol. The normalized spacial score (nSPS) is 11.5. The quantitative estimate of drug-likeness (QED) is 0.623. The van der Waals surface area contributed by atoms with E-state index in [4.69, 9.17) is 5.73 Å². The van der Waals surface area contributed by atoms with Crippen molar-refractivity contribution in [1.29, 1.82) is 0 Å². The van der Waals surface area contributed by atoms with Gasteiger partial charge in [-0.15, -0.1) is 0 Å². The maximum atomic E-state index is 10.4. The van der Waals surface area contributed by atoms with Gasteiger partial charge in [0.15, 0.2) is 0 Å². The molecule has 1 amide bonds. The lowest BCUT2D eigenvalue weighted by atomic mass is 9.92. The highest BCUT2D eigenvalue weighted by Crippen LogP contribution is 2.20. The van der Waals surface area contributed by atoms with Crippen molar-refractivity contribution in [1.82, 2.24) is 0 Å². The van der Waals surface area contributed by atoms with E-state index in [0.717, 1.165) is 0 Å². The summed E-state index contributed by atoms with van der Waals surface area (Å²) in [5.74, 6) is -0.342. The van der Waals surface area contributed by atoms with Crippen LogP contribution in [0.5, 0.6) is 0 Å². The average molecular weight is 159 g/mol. The second kappa shape index (κ2) is 4.34. The molecule has 0 fully saturated rings. The fourth-order valence-corrected chi connectivity index (χ4v) is 0.959. The number of aliphatic hydroxyl groups is 1. The summed E-state index contributed by atoms with van der Waals surface area (Å²) in [7, 11) is 0. The summed E-state index contributed by atoms with van der Waals surface area (Å²) in [6.45, 7) is 3.81. The van der Waals surface area contributed by atoms with Crippen molar-refractivity contribution in [3.8, 4) is 0 Å². The van der Waals surface area contributed by atoms with Crippen molar-refractivity contribution in [3.05, 3.63) is 0 Å².